The summed E-state index contributed by atoms with van der Waals surface area (Å²) in [6.07, 6.45) is -3.74. The van der Waals surface area contributed by atoms with Gasteiger partial charge in [0, 0.05) is 23.1 Å². The quantitative estimate of drug-likeness (QED) is 0.594. The Kier molecular flexibility index (Phi) is 5.66. The lowest BCUT2D eigenvalue weighted by molar-refractivity contribution is -0.174. The Balaban J connectivity index is 1.74. The maximum atomic E-state index is 14.0. The first-order valence-electron chi connectivity index (χ1n) is 10.2. The van der Waals surface area contributed by atoms with E-state index in [9.17, 15) is 27.2 Å². The molecular weight excluding hydrogens is 426 g/mol. The average molecular weight is 447 g/mol. The molecule has 0 bridgehead atoms. The summed E-state index contributed by atoms with van der Waals surface area (Å²) in [7, 11) is 0. The van der Waals surface area contributed by atoms with Gasteiger partial charge in [-0.15, -0.1) is 0 Å². The number of carbonyl (C=O) groups is 2. The van der Waals surface area contributed by atoms with E-state index < -0.39 is 36.4 Å². The molecular formula is C23H21F4N3O2. The van der Waals surface area contributed by atoms with E-state index in [2.05, 4.69) is 11.1 Å². The van der Waals surface area contributed by atoms with Crippen LogP contribution in [0.1, 0.15) is 35.3 Å². The maximum absolute atomic E-state index is 14.0. The van der Waals surface area contributed by atoms with E-state index in [-0.39, 0.29) is 6.54 Å². The van der Waals surface area contributed by atoms with Gasteiger partial charge in [-0.05, 0) is 53.8 Å². The first kappa shape index (κ1) is 21.9. The molecule has 1 unspecified atom stereocenters. The molecule has 9 heteroatoms. The highest BCUT2D eigenvalue weighted by Gasteiger charge is 2.40. The van der Waals surface area contributed by atoms with E-state index in [4.69, 9.17) is 0 Å². The Morgan fingerprint density at radius 1 is 1.19 bits per heavy atom. The number of halogens is 4. The van der Waals surface area contributed by atoms with E-state index in [1.165, 1.54) is 23.1 Å². The van der Waals surface area contributed by atoms with Crippen molar-refractivity contribution in [1.29, 1.82) is 0 Å². The number of aromatic nitrogens is 1. The molecule has 5 nitrogen and oxygen atoms in total. The highest BCUT2D eigenvalue weighted by atomic mass is 19.4. The second-order valence-electron chi connectivity index (χ2n) is 7.73. The standard InChI is InChI=1S/C23H21F4N3O2/c1-2-13-6-7-18-17(10-13)16-8-9-30(19(31)12-28-22(32)23(25,26)27)21(20(16)29-18)14-4-3-5-15(24)11-14/h3-7,10-11,21,29H,2,8-9,12H2,1H3,(H,28,32). The Morgan fingerprint density at radius 2 is 1.97 bits per heavy atom. The number of aromatic amines is 1. The number of amides is 2. The van der Waals surface area contributed by atoms with E-state index in [0.717, 1.165) is 28.5 Å². The Bertz CT molecular complexity index is 1190. The van der Waals surface area contributed by atoms with Gasteiger partial charge in [0.2, 0.25) is 5.91 Å². The van der Waals surface area contributed by atoms with Gasteiger partial charge in [-0.25, -0.2) is 4.39 Å². The Morgan fingerprint density at radius 3 is 2.66 bits per heavy atom. The number of hydrogen-bond acceptors (Lipinski definition) is 2. The molecule has 1 aliphatic rings. The number of hydrogen-bond donors (Lipinski definition) is 2. The van der Waals surface area contributed by atoms with Crippen LogP contribution < -0.4 is 5.32 Å². The van der Waals surface area contributed by atoms with E-state index in [1.54, 1.807) is 11.4 Å². The second kappa shape index (κ2) is 8.29. The number of benzene rings is 2. The van der Waals surface area contributed by atoms with Gasteiger partial charge in [-0.2, -0.15) is 13.2 Å². The van der Waals surface area contributed by atoms with Crippen molar-refractivity contribution >= 4 is 22.7 Å². The van der Waals surface area contributed by atoms with Gasteiger partial charge in [0.25, 0.3) is 0 Å². The molecule has 2 heterocycles. The van der Waals surface area contributed by atoms with Crippen molar-refractivity contribution < 1.29 is 27.2 Å². The smallest absolute Gasteiger partial charge is 0.356 e. The molecule has 0 radical (unpaired) electrons. The molecule has 4 rings (SSSR count). The summed E-state index contributed by atoms with van der Waals surface area (Å²) >= 11 is 0. The molecule has 0 aliphatic carbocycles. The zero-order valence-corrected chi connectivity index (χ0v) is 17.2. The number of fused-ring (bicyclic) bond motifs is 3. The van der Waals surface area contributed by atoms with Gasteiger partial charge in [-0.1, -0.05) is 25.1 Å². The lowest BCUT2D eigenvalue weighted by atomic mass is 9.91. The number of alkyl halides is 3. The van der Waals surface area contributed by atoms with E-state index in [1.807, 2.05) is 19.1 Å². The van der Waals surface area contributed by atoms with Gasteiger partial charge in [0.1, 0.15) is 5.82 Å². The number of nitrogens with one attached hydrogen (secondary N) is 2. The molecule has 1 aromatic heterocycles. The summed E-state index contributed by atoms with van der Waals surface area (Å²) in [5.74, 6) is -3.35. The molecule has 2 aromatic carbocycles. The molecule has 32 heavy (non-hydrogen) atoms. The molecule has 0 saturated carbocycles. The number of rotatable bonds is 4. The molecule has 0 spiro atoms. The summed E-state index contributed by atoms with van der Waals surface area (Å²) < 4.78 is 51.6. The van der Waals surface area contributed by atoms with Crippen LogP contribution in [-0.2, 0) is 22.4 Å². The molecule has 0 saturated heterocycles. The first-order chi connectivity index (χ1) is 15.2. The van der Waals surface area contributed by atoms with Crippen molar-refractivity contribution in [1.82, 2.24) is 15.2 Å². The van der Waals surface area contributed by atoms with Crippen LogP contribution in [0.5, 0.6) is 0 Å². The van der Waals surface area contributed by atoms with Crippen LogP contribution >= 0.6 is 0 Å². The van der Waals surface area contributed by atoms with Crippen molar-refractivity contribution in [2.75, 3.05) is 13.1 Å². The van der Waals surface area contributed by atoms with Gasteiger partial charge in [0.15, 0.2) is 0 Å². The van der Waals surface area contributed by atoms with Crippen molar-refractivity contribution in [2.24, 2.45) is 0 Å². The summed E-state index contributed by atoms with van der Waals surface area (Å²) in [5.41, 5.74) is 4.19. The van der Waals surface area contributed by atoms with Crippen LogP contribution in [0, 0.1) is 5.82 Å². The van der Waals surface area contributed by atoms with Crippen LogP contribution in [0.2, 0.25) is 0 Å². The van der Waals surface area contributed by atoms with Crippen molar-refractivity contribution in [3.05, 3.63) is 70.7 Å². The number of aryl methyl sites for hydroxylation is 1. The predicted octanol–water partition coefficient (Wildman–Crippen LogP) is 4.02. The fourth-order valence-electron chi connectivity index (χ4n) is 4.21. The lowest BCUT2D eigenvalue weighted by Crippen LogP contribution is -2.47. The zero-order chi connectivity index (χ0) is 23.0. The van der Waals surface area contributed by atoms with Crippen LogP contribution in [-0.4, -0.2) is 41.0 Å². The SMILES string of the molecule is CCc1ccc2[nH]c3c(c2c1)CCN(C(=O)CNC(=O)C(F)(F)F)C3c1cccc(F)c1. The Labute approximate surface area is 181 Å². The molecule has 1 aliphatic heterocycles. The second-order valence-corrected chi connectivity index (χ2v) is 7.73. The molecule has 2 N–H and O–H groups in total. The Hall–Kier alpha value is -3.36. The molecule has 168 valence electrons. The molecule has 0 fully saturated rings. The summed E-state index contributed by atoms with van der Waals surface area (Å²) in [6, 6.07) is 11.1. The van der Waals surface area contributed by atoms with Crippen LogP contribution in [0.4, 0.5) is 17.6 Å². The third-order valence-corrected chi connectivity index (χ3v) is 5.74. The van der Waals surface area contributed by atoms with Gasteiger partial charge in [0.05, 0.1) is 12.6 Å². The number of H-pyrrole nitrogens is 1. The summed E-state index contributed by atoms with van der Waals surface area (Å²) in [4.78, 5) is 28.7. The normalized spacial score (nSPS) is 16.2. The fraction of sp³-hybridized carbons (Fsp3) is 0.304. The minimum Gasteiger partial charge on any atom is -0.356 e. The van der Waals surface area contributed by atoms with Gasteiger partial charge < -0.3 is 15.2 Å². The summed E-state index contributed by atoms with van der Waals surface area (Å²) in [6.45, 7) is 1.46. The highest BCUT2D eigenvalue weighted by molar-refractivity contribution is 5.89. The fourth-order valence-corrected chi connectivity index (χ4v) is 4.21. The summed E-state index contributed by atoms with van der Waals surface area (Å²) in [5, 5.41) is 2.64. The molecule has 3 aromatic rings. The largest absolute Gasteiger partial charge is 0.471 e. The van der Waals surface area contributed by atoms with E-state index in [0.29, 0.717) is 17.7 Å². The maximum Gasteiger partial charge on any atom is 0.471 e. The minimum absolute atomic E-state index is 0.220. The van der Waals surface area contributed by atoms with Crippen LogP contribution in [0.3, 0.4) is 0 Å². The lowest BCUT2D eigenvalue weighted by Gasteiger charge is -2.36. The van der Waals surface area contributed by atoms with Crippen LogP contribution in [0.15, 0.2) is 42.5 Å². The van der Waals surface area contributed by atoms with Crippen molar-refractivity contribution in [3.63, 3.8) is 0 Å². The minimum atomic E-state index is -5.08. The van der Waals surface area contributed by atoms with Crippen LogP contribution in [0.25, 0.3) is 10.9 Å². The van der Waals surface area contributed by atoms with Crippen molar-refractivity contribution in [2.45, 2.75) is 32.0 Å². The predicted molar refractivity (Wildman–Crippen MR) is 110 cm³/mol. The third-order valence-electron chi connectivity index (χ3n) is 5.74. The monoisotopic (exact) mass is 447 g/mol. The number of nitrogens with zero attached hydrogens (tertiary/aromatic N) is 1. The highest BCUT2D eigenvalue weighted by Crippen LogP contribution is 2.39. The van der Waals surface area contributed by atoms with Crippen molar-refractivity contribution in [3.8, 4) is 0 Å². The molecule has 2 amide bonds. The van der Waals surface area contributed by atoms with Gasteiger partial charge >= 0.3 is 12.1 Å². The van der Waals surface area contributed by atoms with Gasteiger partial charge in [-0.3, -0.25) is 9.59 Å². The molecule has 1 atom stereocenters. The van der Waals surface area contributed by atoms with E-state index >= 15 is 0 Å². The number of carbonyl (C=O) groups excluding carboxylic acids is 2. The zero-order valence-electron chi connectivity index (χ0n) is 17.2. The average Bonchev–Trinajstić information content (AvgIpc) is 3.13. The first-order valence-corrected chi connectivity index (χ1v) is 10.2. The third kappa shape index (κ3) is 4.06. The topological polar surface area (TPSA) is 65.2 Å².